The highest BCUT2D eigenvalue weighted by Gasteiger charge is 2.39. The first kappa shape index (κ1) is 22.8. The summed E-state index contributed by atoms with van der Waals surface area (Å²) in [5.74, 6) is 0. The molecule has 0 atom stereocenters. The van der Waals surface area contributed by atoms with E-state index >= 15 is 0 Å². The van der Waals surface area contributed by atoms with E-state index in [0.717, 1.165) is 0 Å². The number of nitrogens with two attached hydrogens (primary N) is 1. The lowest BCUT2D eigenvalue weighted by Gasteiger charge is -2.14. The summed E-state index contributed by atoms with van der Waals surface area (Å²) >= 11 is 12.0. The topological polar surface area (TPSA) is 41.8 Å². The highest BCUT2D eigenvalue weighted by molar-refractivity contribution is 6.42. The van der Waals surface area contributed by atoms with Crippen LogP contribution in [0.25, 0.3) is 22.2 Å². The van der Waals surface area contributed by atoms with Crippen molar-refractivity contribution in [1.82, 2.24) is 4.98 Å². The monoisotopic (exact) mass is 468 g/mol. The van der Waals surface area contributed by atoms with Gasteiger partial charge in [0, 0.05) is 16.6 Å². The fraction of sp³-hybridized carbons (Fsp3) is 0.300. The summed E-state index contributed by atoms with van der Waals surface area (Å²) in [7, 11) is 0. The summed E-state index contributed by atoms with van der Waals surface area (Å²) in [6, 6.07) is 5.32. The molecule has 0 saturated heterocycles. The quantitative estimate of drug-likeness (QED) is 0.296. The van der Waals surface area contributed by atoms with E-state index in [9.17, 15) is 26.3 Å². The zero-order valence-electron chi connectivity index (χ0n) is 15.3. The van der Waals surface area contributed by atoms with Crippen molar-refractivity contribution in [3.05, 3.63) is 57.1 Å². The van der Waals surface area contributed by atoms with Crippen LogP contribution in [0.1, 0.15) is 29.5 Å². The fourth-order valence-corrected chi connectivity index (χ4v) is 3.68. The SMILES string of the molecule is NCCCCc1c(-c2ccc(Cl)c(Cl)c2)[nH]c2cc(C(F)(F)F)cc(C(F)(F)F)c12. The van der Waals surface area contributed by atoms with Crippen molar-refractivity contribution in [3.8, 4) is 11.3 Å². The second kappa shape index (κ2) is 8.32. The standard InChI is InChI=1S/C20H16Cl2F6N2/c21-14-5-4-10(7-15(14)22)18-12(3-1-2-6-29)17-13(20(26,27)28)8-11(19(23,24)25)9-16(17)30-18/h4-5,7-9,30H,1-3,6,29H2. The average Bonchev–Trinajstić information content (AvgIpc) is 3.00. The molecule has 0 aliphatic rings. The molecular formula is C20H16Cl2F6N2. The number of halogens is 8. The van der Waals surface area contributed by atoms with E-state index in [1.807, 2.05) is 0 Å². The number of aromatic nitrogens is 1. The van der Waals surface area contributed by atoms with Gasteiger partial charge in [-0.2, -0.15) is 26.3 Å². The molecule has 30 heavy (non-hydrogen) atoms. The summed E-state index contributed by atoms with van der Waals surface area (Å²) in [4.78, 5) is 2.75. The molecule has 10 heteroatoms. The molecule has 0 aliphatic heterocycles. The van der Waals surface area contributed by atoms with E-state index in [2.05, 4.69) is 4.98 Å². The Hall–Kier alpha value is -1.90. The zero-order chi connectivity index (χ0) is 22.3. The number of unbranched alkanes of at least 4 members (excludes halogenated alkanes) is 1. The van der Waals surface area contributed by atoms with Crippen LogP contribution in [0.5, 0.6) is 0 Å². The number of hydrogen-bond acceptors (Lipinski definition) is 1. The number of aromatic amines is 1. The van der Waals surface area contributed by atoms with E-state index in [1.165, 1.54) is 12.1 Å². The Morgan fingerprint density at radius 2 is 1.57 bits per heavy atom. The molecule has 2 nitrogen and oxygen atoms in total. The first-order valence-electron chi connectivity index (χ1n) is 8.92. The third-order valence-electron chi connectivity index (χ3n) is 4.72. The Balaban J connectivity index is 2.35. The maximum absolute atomic E-state index is 13.7. The summed E-state index contributed by atoms with van der Waals surface area (Å²) < 4.78 is 80.9. The number of benzene rings is 2. The molecule has 3 rings (SSSR count). The highest BCUT2D eigenvalue weighted by atomic mass is 35.5. The van der Waals surface area contributed by atoms with Crippen molar-refractivity contribution in [2.45, 2.75) is 31.6 Å². The Labute approximate surface area is 178 Å². The van der Waals surface area contributed by atoms with Crippen molar-refractivity contribution in [2.24, 2.45) is 5.73 Å². The van der Waals surface area contributed by atoms with Crippen LogP contribution in [-0.2, 0) is 18.8 Å². The molecule has 0 aliphatic carbocycles. The van der Waals surface area contributed by atoms with Gasteiger partial charge in [0.1, 0.15) is 0 Å². The van der Waals surface area contributed by atoms with E-state index in [-0.39, 0.29) is 44.7 Å². The van der Waals surface area contributed by atoms with Crippen LogP contribution >= 0.6 is 23.2 Å². The number of hydrogen-bond donors (Lipinski definition) is 2. The van der Waals surface area contributed by atoms with Crippen LogP contribution in [0.2, 0.25) is 10.0 Å². The lowest BCUT2D eigenvalue weighted by Crippen LogP contribution is -2.11. The largest absolute Gasteiger partial charge is 0.417 e. The van der Waals surface area contributed by atoms with Crippen molar-refractivity contribution in [2.75, 3.05) is 6.54 Å². The van der Waals surface area contributed by atoms with Gasteiger partial charge in [0.25, 0.3) is 0 Å². The molecule has 162 valence electrons. The number of H-pyrrole nitrogens is 1. The van der Waals surface area contributed by atoms with E-state index in [0.29, 0.717) is 31.0 Å². The van der Waals surface area contributed by atoms with Gasteiger partial charge in [-0.3, -0.25) is 0 Å². The van der Waals surface area contributed by atoms with Gasteiger partial charge in [-0.15, -0.1) is 0 Å². The van der Waals surface area contributed by atoms with Gasteiger partial charge in [0.2, 0.25) is 0 Å². The predicted molar refractivity (Wildman–Crippen MR) is 106 cm³/mol. The number of aryl methyl sites for hydroxylation is 1. The van der Waals surface area contributed by atoms with Gasteiger partial charge in [-0.05, 0) is 61.2 Å². The minimum Gasteiger partial charge on any atom is -0.354 e. The van der Waals surface area contributed by atoms with Crippen LogP contribution in [0.4, 0.5) is 26.3 Å². The maximum atomic E-state index is 13.7. The van der Waals surface area contributed by atoms with E-state index in [4.69, 9.17) is 28.9 Å². The van der Waals surface area contributed by atoms with Gasteiger partial charge in [-0.1, -0.05) is 29.3 Å². The Morgan fingerprint density at radius 1 is 0.867 bits per heavy atom. The van der Waals surface area contributed by atoms with Crippen molar-refractivity contribution in [3.63, 3.8) is 0 Å². The predicted octanol–water partition coefficient (Wildman–Crippen LogP) is 7.46. The average molecular weight is 469 g/mol. The summed E-state index contributed by atoms with van der Waals surface area (Å²) in [6.45, 7) is 0.342. The van der Waals surface area contributed by atoms with Crippen molar-refractivity contribution < 1.29 is 26.3 Å². The number of rotatable bonds is 5. The third kappa shape index (κ3) is 4.55. The second-order valence-electron chi connectivity index (χ2n) is 6.80. The van der Waals surface area contributed by atoms with Gasteiger partial charge >= 0.3 is 12.4 Å². The van der Waals surface area contributed by atoms with Crippen LogP contribution < -0.4 is 5.73 Å². The first-order chi connectivity index (χ1) is 13.9. The fourth-order valence-electron chi connectivity index (χ4n) is 3.38. The Kier molecular flexibility index (Phi) is 6.32. The molecule has 0 spiro atoms. The molecule has 3 aromatic rings. The molecule has 0 radical (unpaired) electrons. The minimum absolute atomic E-state index is 0.154. The van der Waals surface area contributed by atoms with Crippen molar-refractivity contribution >= 4 is 34.1 Å². The molecule has 3 N–H and O–H groups in total. The molecule has 0 fully saturated rings. The summed E-state index contributed by atoms with van der Waals surface area (Å²) in [6.07, 6.45) is -8.69. The smallest absolute Gasteiger partial charge is 0.354 e. The van der Waals surface area contributed by atoms with Gasteiger partial charge in [0.15, 0.2) is 0 Å². The van der Waals surface area contributed by atoms with E-state index in [1.54, 1.807) is 6.07 Å². The zero-order valence-corrected chi connectivity index (χ0v) is 16.8. The minimum atomic E-state index is -4.97. The van der Waals surface area contributed by atoms with Crippen LogP contribution in [0.3, 0.4) is 0 Å². The van der Waals surface area contributed by atoms with Gasteiger partial charge in [0.05, 0.1) is 21.2 Å². The van der Waals surface area contributed by atoms with Crippen LogP contribution in [0.15, 0.2) is 30.3 Å². The lowest BCUT2D eigenvalue weighted by atomic mass is 9.96. The Morgan fingerprint density at radius 3 is 2.13 bits per heavy atom. The van der Waals surface area contributed by atoms with Crippen LogP contribution in [0, 0.1) is 0 Å². The molecule has 1 heterocycles. The molecule has 0 amide bonds. The molecule has 0 saturated carbocycles. The molecular weight excluding hydrogens is 453 g/mol. The Bertz CT molecular complexity index is 1070. The first-order valence-corrected chi connectivity index (χ1v) is 9.67. The highest BCUT2D eigenvalue weighted by Crippen LogP contribution is 2.44. The van der Waals surface area contributed by atoms with Gasteiger partial charge < -0.3 is 10.7 Å². The lowest BCUT2D eigenvalue weighted by molar-refractivity contribution is -0.142. The second-order valence-corrected chi connectivity index (χ2v) is 7.61. The maximum Gasteiger partial charge on any atom is 0.417 e. The molecule has 0 bridgehead atoms. The molecule has 0 unspecified atom stereocenters. The van der Waals surface area contributed by atoms with Crippen LogP contribution in [-0.4, -0.2) is 11.5 Å². The summed E-state index contributed by atoms with van der Waals surface area (Å²) in [5, 5.41) is 0.137. The number of fused-ring (bicyclic) bond motifs is 1. The summed E-state index contributed by atoms with van der Waals surface area (Å²) in [5.41, 5.74) is 3.48. The number of alkyl halides is 6. The third-order valence-corrected chi connectivity index (χ3v) is 5.46. The normalized spacial score (nSPS) is 12.7. The molecule has 1 aromatic heterocycles. The van der Waals surface area contributed by atoms with Gasteiger partial charge in [-0.25, -0.2) is 0 Å². The van der Waals surface area contributed by atoms with Crippen molar-refractivity contribution in [1.29, 1.82) is 0 Å². The number of nitrogens with one attached hydrogen (secondary N) is 1. The molecule has 2 aromatic carbocycles. The van der Waals surface area contributed by atoms with E-state index < -0.39 is 23.5 Å².